The zero-order valence-corrected chi connectivity index (χ0v) is 7.91. The van der Waals surface area contributed by atoms with Crippen LogP contribution in [0.4, 0.5) is 0 Å². The summed E-state index contributed by atoms with van der Waals surface area (Å²) in [4.78, 5) is 14.3. The normalized spacial score (nSPS) is 10.5. The average Bonchev–Trinajstić information content (AvgIpc) is 2.47. The zero-order valence-electron chi connectivity index (χ0n) is 6.32. The predicted octanol–water partition coefficient (Wildman–Crippen LogP) is 2.29. The molecule has 0 fully saturated rings. The van der Waals surface area contributed by atoms with Crippen LogP contribution in [0.3, 0.4) is 0 Å². The minimum atomic E-state index is -1.06. The molecule has 0 unspecified atom stereocenters. The molecule has 0 aliphatic heterocycles. The van der Waals surface area contributed by atoms with Crippen molar-refractivity contribution in [1.29, 1.82) is 0 Å². The molecule has 0 amide bonds. The lowest BCUT2D eigenvalue weighted by Crippen LogP contribution is -1.98. The summed E-state index contributed by atoms with van der Waals surface area (Å²) >= 11 is 3.25. The van der Waals surface area contributed by atoms with Gasteiger partial charge < -0.3 is 9.52 Å². The standard InChI is InChI=1S/C8H4BrNO3/c9-5-3-13-7-4(5)1-2-6(10-7)8(11)12/h1-3H,(H,11,12). The van der Waals surface area contributed by atoms with Crippen LogP contribution in [0, 0.1) is 0 Å². The fourth-order valence-electron chi connectivity index (χ4n) is 1.00. The average molecular weight is 242 g/mol. The number of nitrogens with zero attached hydrogens (tertiary/aromatic N) is 1. The van der Waals surface area contributed by atoms with E-state index in [9.17, 15) is 4.79 Å². The molecule has 5 heteroatoms. The van der Waals surface area contributed by atoms with Crippen molar-refractivity contribution in [2.45, 2.75) is 0 Å². The van der Waals surface area contributed by atoms with E-state index in [0.717, 1.165) is 9.86 Å². The maximum Gasteiger partial charge on any atom is 0.354 e. The Morgan fingerprint density at radius 3 is 3.00 bits per heavy atom. The Bertz CT molecular complexity index is 477. The minimum absolute atomic E-state index is 0.0191. The molecule has 0 saturated heterocycles. The molecule has 1 N–H and O–H groups in total. The number of carboxylic acid groups (broad SMARTS) is 1. The maximum atomic E-state index is 10.5. The van der Waals surface area contributed by atoms with E-state index in [-0.39, 0.29) is 5.69 Å². The summed E-state index contributed by atoms with van der Waals surface area (Å²) < 4.78 is 5.79. The lowest BCUT2D eigenvalue weighted by molar-refractivity contribution is 0.0690. The first-order chi connectivity index (χ1) is 6.18. The Morgan fingerprint density at radius 1 is 1.54 bits per heavy atom. The van der Waals surface area contributed by atoms with E-state index in [2.05, 4.69) is 20.9 Å². The number of hydrogen-bond acceptors (Lipinski definition) is 3. The molecule has 0 atom stereocenters. The lowest BCUT2D eigenvalue weighted by Gasteiger charge is -1.91. The van der Waals surface area contributed by atoms with Crippen LogP contribution in [-0.4, -0.2) is 16.1 Å². The van der Waals surface area contributed by atoms with Crippen LogP contribution in [0.15, 0.2) is 27.3 Å². The highest BCUT2D eigenvalue weighted by Crippen LogP contribution is 2.24. The van der Waals surface area contributed by atoms with Gasteiger partial charge in [-0.2, -0.15) is 0 Å². The van der Waals surface area contributed by atoms with Crippen LogP contribution in [0.1, 0.15) is 10.5 Å². The summed E-state index contributed by atoms with van der Waals surface area (Å²) in [6.45, 7) is 0. The number of hydrogen-bond donors (Lipinski definition) is 1. The molecule has 2 aromatic rings. The van der Waals surface area contributed by atoms with Gasteiger partial charge in [0.25, 0.3) is 0 Å². The molecule has 0 aromatic carbocycles. The quantitative estimate of drug-likeness (QED) is 0.833. The van der Waals surface area contributed by atoms with Gasteiger partial charge in [-0.3, -0.25) is 0 Å². The number of aromatic nitrogens is 1. The second-order valence-corrected chi connectivity index (χ2v) is 3.29. The van der Waals surface area contributed by atoms with Crippen molar-refractivity contribution in [3.05, 3.63) is 28.6 Å². The molecule has 2 aromatic heterocycles. The van der Waals surface area contributed by atoms with Gasteiger partial charge >= 0.3 is 5.97 Å². The van der Waals surface area contributed by atoms with Crippen LogP contribution in [-0.2, 0) is 0 Å². The SMILES string of the molecule is O=C(O)c1ccc2c(Br)coc2n1. The highest BCUT2D eigenvalue weighted by molar-refractivity contribution is 9.10. The fourth-order valence-corrected chi connectivity index (χ4v) is 1.40. The molecule has 0 bridgehead atoms. The summed E-state index contributed by atoms with van der Waals surface area (Å²) in [5, 5.41) is 9.40. The number of pyridine rings is 1. The van der Waals surface area contributed by atoms with E-state index in [0.29, 0.717) is 5.71 Å². The highest BCUT2D eigenvalue weighted by atomic mass is 79.9. The van der Waals surface area contributed by atoms with Crippen LogP contribution < -0.4 is 0 Å². The maximum absolute atomic E-state index is 10.5. The summed E-state index contributed by atoms with van der Waals surface area (Å²) in [6.07, 6.45) is 1.48. The Balaban J connectivity index is 2.70. The van der Waals surface area contributed by atoms with Gasteiger partial charge in [-0.15, -0.1) is 0 Å². The van der Waals surface area contributed by atoms with Gasteiger partial charge in [-0.05, 0) is 28.1 Å². The third-order valence-corrected chi connectivity index (χ3v) is 2.22. The molecule has 4 nitrogen and oxygen atoms in total. The summed E-state index contributed by atoms with van der Waals surface area (Å²) in [7, 11) is 0. The lowest BCUT2D eigenvalue weighted by atomic mass is 10.3. The van der Waals surface area contributed by atoms with E-state index in [4.69, 9.17) is 9.52 Å². The third kappa shape index (κ3) is 1.31. The second kappa shape index (κ2) is 2.85. The van der Waals surface area contributed by atoms with Crippen LogP contribution in [0.2, 0.25) is 0 Å². The number of halogens is 1. The van der Waals surface area contributed by atoms with Gasteiger partial charge in [0, 0.05) is 0 Å². The van der Waals surface area contributed by atoms with E-state index >= 15 is 0 Å². The molecule has 13 heavy (non-hydrogen) atoms. The Morgan fingerprint density at radius 2 is 2.31 bits per heavy atom. The van der Waals surface area contributed by atoms with E-state index in [1.807, 2.05) is 0 Å². The van der Waals surface area contributed by atoms with Crippen LogP contribution in [0.5, 0.6) is 0 Å². The largest absolute Gasteiger partial charge is 0.477 e. The monoisotopic (exact) mass is 241 g/mol. The first kappa shape index (κ1) is 8.25. The Kier molecular flexibility index (Phi) is 1.81. The third-order valence-electron chi connectivity index (χ3n) is 1.61. The molecular formula is C8H4BrNO3. The number of furan rings is 1. The molecule has 2 heterocycles. The summed E-state index contributed by atoms with van der Waals surface area (Å²) in [6, 6.07) is 3.09. The molecule has 66 valence electrons. The fraction of sp³-hybridized carbons (Fsp3) is 0. The van der Waals surface area contributed by atoms with E-state index in [1.165, 1.54) is 12.3 Å². The first-order valence-electron chi connectivity index (χ1n) is 3.45. The number of rotatable bonds is 1. The van der Waals surface area contributed by atoms with E-state index < -0.39 is 5.97 Å². The zero-order chi connectivity index (χ0) is 9.42. The van der Waals surface area contributed by atoms with Crippen molar-refractivity contribution >= 4 is 33.0 Å². The molecule has 0 spiro atoms. The highest BCUT2D eigenvalue weighted by Gasteiger charge is 2.09. The van der Waals surface area contributed by atoms with Gasteiger partial charge in [0.05, 0.1) is 9.86 Å². The Labute approximate surface area is 81.3 Å². The molecule has 0 aliphatic carbocycles. The smallest absolute Gasteiger partial charge is 0.354 e. The van der Waals surface area contributed by atoms with Crippen molar-refractivity contribution in [3.63, 3.8) is 0 Å². The van der Waals surface area contributed by atoms with Gasteiger partial charge in [0.2, 0.25) is 5.71 Å². The van der Waals surface area contributed by atoms with Crippen molar-refractivity contribution < 1.29 is 14.3 Å². The van der Waals surface area contributed by atoms with Crippen molar-refractivity contribution in [1.82, 2.24) is 4.98 Å². The summed E-state index contributed by atoms with van der Waals surface area (Å²) in [5.41, 5.74) is 0.307. The molecule has 0 saturated carbocycles. The second-order valence-electron chi connectivity index (χ2n) is 2.44. The van der Waals surface area contributed by atoms with E-state index in [1.54, 1.807) is 6.07 Å². The topological polar surface area (TPSA) is 63.3 Å². The van der Waals surface area contributed by atoms with Gasteiger partial charge in [0.15, 0.2) is 5.69 Å². The predicted molar refractivity (Wildman–Crippen MR) is 48.7 cm³/mol. The molecule has 0 radical (unpaired) electrons. The van der Waals surface area contributed by atoms with Crippen molar-refractivity contribution in [2.75, 3.05) is 0 Å². The Hall–Kier alpha value is -1.36. The summed E-state index contributed by atoms with van der Waals surface area (Å²) in [5.74, 6) is -1.06. The van der Waals surface area contributed by atoms with Gasteiger partial charge in [-0.25, -0.2) is 9.78 Å². The molecule has 0 aliphatic rings. The minimum Gasteiger partial charge on any atom is -0.477 e. The first-order valence-corrected chi connectivity index (χ1v) is 4.25. The number of carbonyl (C=O) groups is 1. The number of fused-ring (bicyclic) bond motifs is 1. The van der Waals surface area contributed by atoms with Crippen molar-refractivity contribution in [2.24, 2.45) is 0 Å². The van der Waals surface area contributed by atoms with Crippen LogP contribution in [0.25, 0.3) is 11.1 Å². The van der Waals surface area contributed by atoms with Crippen LogP contribution >= 0.6 is 15.9 Å². The number of aromatic carboxylic acids is 1. The number of carboxylic acids is 1. The van der Waals surface area contributed by atoms with Gasteiger partial charge in [0.1, 0.15) is 6.26 Å². The van der Waals surface area contributed by atoms with Gasteiger partial charge in [-0.1, -0.05) is 0 Å². The molecular weight excluding hydrogens is 238 g/mol. The molecule has 2 rings (SSSR count). The van der Waals surface area contributed by atoms with Crippen molar-refractivity contribution in [3.8, 4) is 0 Å².